The standard InChI is InChI=1S/C12H20N2O2S/c1-3-10-5-6-12(9-11(10)4-2)17(15,16)14-8-7-13/h5-6,9,14H,3-4,7-8,13H2,1-2H3. The van der Waals surface area contributed by atoms with Crippen LogP contribution in [0.1, 0.15) is 25.0 Å². The van der Waals surface area contributed by atoms with Gasteiger partial charge in [0.15, 0.2) is 0 Å². The Kier molecular flexibility index (Phi) is 5.11. The molecule has 0 unspecified atom stereocenters. The van der Waals surface area contributed by atoms with Gasteiger partial charge >= 0.3 is 0 Å². The number of nitrogens with one attached hydrogen (secondary N) is 1. The van der Waals surface area contributed by atoms with Crippen molar-refractivity contribution < 1.29 is 8.42 Å². The van der Waals surface area contributed by atoms with Crippen LogP contribution >= 0.6 is 0 Å². The Hall–Kier alpha value is -0.910. The third-order valence-electron chi connectivity index (χ3n) is 2.69. The van der Waals surface area contributed by atoms with Crippen molar-refractivity contribution in [2.75, 3.05) is 13.1 Å². The number of rotatable bonds is 6. The smallest absolute Gasteiger partial charge is 0.240 e. The Morgan fingerprint density at radius 3 is 2.35 bits per heavy atom. The van der Waals surface area contributed by atoms with Gasteiger partial charge in [-0.1, -0.05) is 19.9 Å². The van der Waals surface area contributed by atoms with Gasteiger partial charge < -0.3 is 5.73 Å². The lowest BCUT2D eigenvalue weighted by Crippen LogP contribution is -2.29. The summed E-state index contributed by atoms with van der Waals surface area (Å²) >= 11 is 0. The van der Waals surface area contributed by atoms with Crippen LogP contribution in [0.4, 0.5) is 0 Å². The minimum Gasteiger partial charge on any atom is -0.329 e. The molecule has 0 fully saturated rings. The maximum absolute atomic E-state index is 11.9. The van der Waals surface area contributed by atoms with Crippen LogP contribution in [0.2, 0.25) is 0 Å². The van der Waals surface area contributed by atoms with E-state index < -0.39 is 10.0 Å². The first-order valence-electron chi connectivity index (χ1n) is 5.86. The molecule has 4 nitrogen and oxygen atoms in total. The Balaban J connectivity index is 3.07. The van der Waals surface area contributed by atoms with E-state index in [-0.39, 0.29) is 6.54 Å². The van der Waals surface area contributed by atoms with Crippen LogP contribution in [-0.4, -0.2) is 21.5 Å². The molecule has 0 aliphatic rings. The van der Waals surface area contributed by atoms with E-state index in [4.69, 9.17) is 5.73 Å². The van der Waals surface area contributed by atoms with E-state index in [2.05, 4.69) is 11.6 Å². The Labute approximate surface area is 103 Å². The molecule has 1 aromatic carbocycles. The maximum Gasteiger partial charge on any atom is 0.240 e. The molecule has 0 spiro atoms. The topological polar surface area (TPSA) is 72.2 Å². The number of benzene rings is 1. The van der Waals surface area contributed by atoms with Gasteiger partial charge in [0.1, 0.15) is 0 Å². The second kappa shape index (κ2) is 6.14. The van der Waals surface area contributed by atoms with E-state index in [1.54, 1.807) is 12.1 Å². The summed E-state index contributed by atoms with van der Waals surface area (Å²) in [5.41, 5.74) is 7.57. The normalized spacial score (nSPS) is 11.7. The lowest BCUT2D eigenvalue weighted by molar-refractivity contribution is 0.582. The quantitative estimate of drug-likeness (QED) is 0.799. The van der Waals surface area contributed by atoms with Gasteiger partial charge in [0.25, 0.3) is 0 Å². The average molecular weight is 256 g/mol. The van der Waals surface area contributed by atoms with Gasteiger partial charge in [-0.2, -0.15) is 0 Å². The van der Waals surface area contributed by atoms with E-state index in [0.717, 1.165) is 18.4 Å². The Morgan fingerprint density at radius 1 is 1.18 bits per heavy atom. The molecule has 5 heteroatoms. The fourth-order valence-corrected chi connectivity index (χ4v) is 2.82. The molecule has 0 radical (unpaired) electrons. The highest BCUT2D eigenvalue weighted by Gasteiger charge is 2.14. The molecule has 96 valence electrons. The number of nitrogens with two attached hydrogens (primary N) is 1. The SMILES string of the molecule is CCc1ccc(S(=O)(=O)NCCN)cc1CC. The summed E-state index contributed by atoms with van der Waals surface area (Å²) in [6.45, 7) is 4.65. The van der Waals surface area contributed by atoms with Crippen molar-refractivity contribution in [3.8, 4) is 0 Å². The molecule has 1 aromatic rings. The van der Waals surface area contributed by atoms with E-state index in [9.17, 15) is 8.42 Å². The molecule has 0 aliphatic heterocycles. The third kappa shape index (κ3) is 3.52. The van der Waals surface area contributed by atoms with Crippen LogP contribution < -0.4 is 10.5 Å². The van der Waals surface area contributed by atoms with E-state index in [0.29, 0.717) is 11.4 Å². The fraction of sp³-hybridized carbons (Fsp3) is 0.500. The van der Waals surface area contributed by atoms with Gasteiger partial charge in [-0.3, -0.25) is 0 Å². The zero-order valence-electron chi connectivity index (χ0n) is 10.4. The minimum absolute atomic E-state index is 0.263. The molecule has 3 N–H and O–H groups in total. The van der Waals surface area contributed by atoms with Crippen LogP contribution in [0.5, 0.6) is 0 Å². The van der Waals surface area contributed by atoms with Gasteiger partial charge in [0.2, 0.25) is 10.0 Å². The molecule has 0 bridgehead atoms. The molecule has 1 rings (SSSR count). The van der Waals surface area contributed by atoms with Gasteiger partial charge in [-0.05, 0) is 36.1 Å². The highest BCUT2D eigenvalue weighted by atomic mass is 32.2. The summed E-state index contributed by atoms with van der Waals surface area (Å²) in [7, 11) is -3.41. The van der Waals surface area contributed by atoms with Crippen molar-refractivity contribution in [3.63, 3.8) is 0 Å². The predicted molar refractivity (Wildman–Crippen MR) is 69.4 cm³/mol. The van der Waals surface area contributed by atoms with E-state index >= 15 is 0 Å². The summed E-state index contributed by atoms with van der Waals surface area (Å²) in [6, 6.07) is 5.28. The third-order valence-corrected chi connectivity index (χ3v) is 4.14. The molecule has 0 saturated heterocycles. The molecule has 17 heavy (non-hydrogen) atoms. The highest BCUT2D eigenvalue weighted by molar-refractivity contribution is 7.89. The van der Waals surface area contributed by atoms with Crippen molar-refractivity contribution in [1.82, 2.24) is 4.72 Å². The van der Waals surface area contributed by atoms with Crippen LogP contribution in [0.25, 0.3) is 0 Å². The van der Waals surface area contributed by atoms with Crippen molar-refractivity contribution in [3.05, 3.63) is 29.3 Å². The van der Waals surface area contributed by atoms with Gasteiger partial charge in [0.05, 0.1) is 4.90 Å². The maximum atomic E-state index is 11.9. The molecular formula is C12H20N2O2S. The molecule has 0 amide bonds. The Morgan fingerprint density at radius 2 is 1.82 bits per heavy atom. The van der Waals surface area contributed by atoms with Crippen LogP contribution in [0, 0.1) is 0 Å². The number of hydrogen-bond acceptors (Lipinski definition) is 3. The predicted octanol–water partition coefficient (Wildman–Crippen LogP) is 1.05. The van der Waals surface area contributed by atoms with Crippen LogP contribution in [0.15, 0.2) is 23.1 Å². The highest BCUT2D eigenvalue weighted by Crippen LogP contribution is 2.17. The van der Waals surface area contributed by atoms with Crippen LogP contribution in [0.3, 0.4) is 0 Å². The van der Waals surface area contributed by atoms with E-state index in [1.165, 1.54) is 5.56 Å². The average Bonchev–Trinajstić information content (AvgIpc) is 2.35. The second-order valence-corrected chi connectivity index (χ2v) is 5.59. The molecule has 0 aliphatic carbocycles. The first-order chi connectivity index (χ1) is 8.05. The minimum atomic E-state index is -3.41. The molecule has 0 heterocycles. The van der Waals surface area contributed by atoms with Gasteiger partial charge in [-0.15, -0.1) is 0 Å². The number of aryl methyl sites for hydroxylation is 2. The van der Waals surface area contributed by atoms with Gasteiger partial charge in [0, 0.05) is 13.1 Å². The number of sulfonamides is 1. The summed E-state index contributed by atoms with van der Waals surface area (Å²) in [5, 5.41) is 0. The van der Waals surface area contributed by atoms with E-state index in [1.807, 2.05) is 13.0 Å². The summed E-state index contributed by atoms with van der Waals surface area (Å²) < 4.78 is 26.2. The largest absolute Gasteiger partial charge is 0.329 e. The lowest BCUT2D eigenvalue weighted by Gasteiger charge is -2.10. The molecule has 0 saturated carbocycles. The molecule has 0 aromatic heterocycles. The molecule has 0 atom stereocenters. The summed E-state index contributed by atoms with van der Waals surface area (Å²) in [4.78, 5) is 0.319. The monoisotopic (exact) mass is 256 g/mol. The fourth-order valence-electron chi connectivity index (χ4n) is 1.72. The van der Waals surface area contributed by atoms with Gasteiger partial charge in [-0.25, -0.2) is 13.1 Å². The second-order valence-electron chi connectivity index (χ2n) is 3.82. The zero-order valence-corrected chi connectivity index (χ0v) is 11.2. The first-order valence-corrected chi connectivity index (χ1v) is 7.35. The van der Waals surface area contributed by atoms with Crippen molar-refractivity contribution >= 4 is 10.0 Å². The summed E-state index contributed by atoms with van der Waals surface area (Å²) in [5.74, 6) is 0. The van der Waals surface area contributed by atoms with Crippen molar-refractivity contribution in [1.29, 1.82) is 0 Å². The summed E-state index contributed by atoms with van der Waals surface area (Å²) in [6.07, 6.45) is 1.75. The molecular weight excluding hydrogens is 236 g/mol. The lowest BCUT2D eigenvalue weighted by atomic mass is 10.0. The Bertz CT molecular complexity index is 469. The zero-order chi connectivity index (χ0) is 12.9. The first kappa shape index (κ1) is 14.2. The number of hydrogen-bond donors (Lipinski definition) is 2. The van der Waals surface area contributed by atoms with Crippen LogP contribution in [-0.2, 0) is 22.9 Å². The van der Waals surface area contributed by atoms with Crippen molar-refractivity contribution in [2.45, 2.75) is 31.6 Å². The van der Waals surface area contributed by atoms with Crippen molar-refractivity contribution in [2.24, 2.45) is 5.73 Å².